The Balaban J connectivity index is 5.48. The third-order valence-electron chi connectivity index (χ3n) is 4.11. The summed E-state index contributed by atoms with van der Waals surface area (Å²) in [7, 11) is 0. The number of esters is 2. The van der Waals surface area contributed by atoms with E-state index >= 15 is 0 Å². The topological polar surface area (TPSA) is 111 Å². The predicted molar refractivity (Wildman–Crippen MR) is 104 cm³/mol. The number of hydrogen-bond acceptors (Lipinski definition) is 7. The van der Waals surface area contributed by atoms with E-state index in [4.69, 9.17) is 14.2 Å². The zero-order valence-electron chi connectivity index (χ0n) is 18.1. The maximum absolute atomic E-state index is 12.1. The van der Waals surface area contributed by atoms with Gasteiger partial charge in [0.15, 0.2) is 0 Å². The molecule has 0 aromatic carbocycles. The van der Waals surface area contributed by atoms with E-state index in [1.807, 2.05) is 27.7 Å². The van der Waals surface area contributed by atoms with Crippen molar-refractivity contribution >= 4 is 17.8 Å². The Bertz CT molecular complexity index is 495. The molecule has 0 aliphatic rings. The Labute approximate surface area is 168 Å². The summed E-state index contributed by atoms with van der Waals surface area (Å²) in [6.45, 7) is 10.7. The van der Waals surface area contributed by atoms with Crippen molar-refractivity contribution in [1.82, 2.24) is 5.32 Å². The number of nitrogens with one attached hydrogen (secondary N) is 1. The maximum Gasteiger partial charge on any atom is 0.308 e. The van der Waals surface area contributed by atoms with E-state index in [0.29, 0.717) is 32.3 Å². The van der Waals surface area contributed by atoms with Crippen LogP contribution in [0.15, 0.2) is 0 Å². The van der Waals surface area contributed by atoms with E-state index in [2.05, 4.69) is 5.32 Å². The molecule has 0 saturated heterocycles. The minimum atomic E-state index is -1.67. The van der Waals surface area contributed by atoms with E-state index in [9.17, 15) is 19.5 Å². The first-order valence-electron chi connectivity index (χ1n) is 10.0. The van der Waals surface area contributed by atoms with Crippen LogP contribution in [0.5, 0.6) is 0 Å². The van der Waals surface area contributed by atoms with Gasteiger partial charge in [-0.3, -0.25) is 14.4 Å². The average molecular weight is 404 g/mol. The predicted octanol–water partition coefficient (Wildman–Crippen LogP) is 2.46. The van der Waals surface area contributed by atoms with Crippen LogP contribution in [0, 0.1) is 0 Å². The van der Waals surface area contributed by atoms with Crippen molar-refractivity contribution in [2.24, 2.45) is 0 Å². The molecule has 0 aliphatic carbocycles. The fraction of sp³-hybridized carbons (Fsp3) is 0.850. The zero-order chi connectivity index (χ0) is 21.7. The van der Waals surface area contributed by atoms with Crippen LogP contribution >= 0.6 is 0 Å². The van der Waals surface area contributed by atoms with Gasteiger partial charge >= 0.3 is 11.9 Å². The van der Waals surface area contributed by atoms with Crippen LogP contribution in [0.25, 0.3) is 0 Å². The molecule has 0 aliphatic heterocycles. The number of carbonyl (C=O) groups is 3. The van der Waals surface area contributed by atoms with Gasteiger partial charge in [0.2, 0.25) is 12.2 Å². The summed E-state index contributed by atoms with van der Waals surface area (Å²) in [6.07, 6.45) is -0.137. The fourth-order valence-electron chi connectivity index (χ4n) is 2.68. The summed E-state index contributed by atoms with van der Waals surface area (Å²) in [4.78, 5) is 35.7. The molecule has 1 amide bonds. The Morgan fingerprint density at radius 2 is 1.57 bits per heavy atom. The highest BCUT2D eigenvalue weighted by atomic mass is 16.6. The first-order valence-corrected chi connectivity index (χ1v) is 10.0. The lowest BCUT2D eigenvalue weighted by atomic mass is 9.89. The molecule has 8 nitrogen and oxygen atoms in total. The Hall–Kier alpha value is -1.67. The van der Waals surface area contributed by atoms with Crippen LogP contribution in [-0.4, -0.2) is 53.6 Å². The number of amides is 1. The summed E-state index contributed by atoms with van der Waals surface area (Å²) in [5, 5.41) is 13.2. The van der Waals surface area contributed by atoms with Crippen LogP contribution < -0.4 is 5.32 Å². The Kier molecular flexibility index (Phi) is 12.7. The summed E-state index contributed by atoms with van der Waals surface area (Å²) >= 11 is 0. The first-order chi connectivity index (χ1) is 13.1. The summed E-state index contributed by atoms with van der Waals surface area (Å²) in [5.74, 6) is -1.47. The quantitative estimate of drug-likeness (QED) is 0.260. The van der Waals surface area contributed by atoms with Gasteiger partial charge in [-0.25, -0.2) is 0 Å². The second-order valence-electron chi connectivity index (χ2n) is 7.35. The summed E-state index contributed by atoms with van der Waals surface area (Å²) in [6, 6.07) is 0. The Morgan fingerprint density at radius 3 is 2.04 bits per heavy atom. The second-order valence-corrected chi connectivity index (χ2v) is 7.35. The molecule has 28 heavy (non-hydrogen) atoms. The molecular formula is C20H37NO7. The number of rotatable bonds is 14. The normalized spacial score (nSPS) is 15.4. The summed E-state index contributed by atoms with van der Waals surface area (Å²) < 4.78 is 16.2. The van der Waals surface area contributed by atoms with E-state index in [1.54, 1.807) is 0 Å². The van der Waals surface area contributed by atoms with Gasteiger partial charge in [0, 0.05) is 26.4 Å². The highest BCUT2D eigenvalue weighted by Crippen LogP contribution is 2.25. The molecule has 0 fully saturated rings. The standard InChI is InChI=1S/C20H37NO7/c1-7-10-17(23)27-16(12-9-13-26-14(3)4)20(6,21-15(5)22)19(25)28-18(24)11-8-2/h14,16,19,25H,7-13H2,1-6H3,(H,21,22)/t16?,19-,20?/m0/s1. The van der Waals surface area contributed by atoms with Crippen molar-refractivity contribution in [2.45, 2.75) is 104 Å². The molecule has 0 rings (SSSR count). The second kappa shape index (κ2) is 13.5. The lowest BCUT2D eigenvalue weighted by Gasteiger charge is -2.40. The molecule has 8 heteroatoms. The Morgan fingerprint density at radius 1 is 1.04 bits per heavy atom. The number of aliphatic hydroxyl groups is 1. The van der Waals surface area contributed by atoms with Gasteiger partial charge in [-0.05, 0) is 46.5 Å². The van der Waals surface area contributed by atoms with Gasteiger partial charge in [-0.2, -0.15) is 0 Å². The van der Waals surface area contributed by atoms with Crippen molar-refractivity contribution < 1.29 is 33.7 Å². The molecule has 0 heterocycles. The molecule has 164 valence electrons. The van der Waals surface area contributed by atoms with Crippen LogP contribution in [0.1, 0.15) is 80.1 Å². The van der Waals surface area contributed by atoms with Crippen LogP contribution in [-0.2, 0) is 28.6 Å². The van der Waals surface area contributed by atoms with Crippen molar-refractivity contribution in [1.29, 1.82) is 0 Å². The molecular weight excluding hydrogens is 366 g/mol. The lowest BCUT2D eigenvalue weighted by Crippen LogP contribution is -2.63. The SMILES string of the molecule is CCCC(=O)OC(CCCOC(C)C)C(C)(NC(C)=O)[C@@H](O)OC(=O)CCC. The van der Waals surface area contributed by atoms with Crippen LogP contribution in [0.4, 0.5) is 0 Å². The van der Waals surface area contributed by atoms with Gasteiger partial charge in [0.05, 0.1) is 6.10 Å². The van der Waals surface area contributed by atoms with Crippen LogP contribution in [0.3, 0.4) is 0 Å². The van der Waals surface area contributed by atoms with Gasteiger partial charge in [-0.1, -0.05) is 13.8 Å². The van der Waals surface area contributed by atoms with E-state index < -0.39 is 35.8 Å². The van der Waals surface area contributed by atoms with Gasteiger partial charge in [0.25, 0.3) is 0 Å². The highest BCUT2D eigenvalue weighted by Gasteiger charge is 2.46. The van der Waals surface area contributed by atoms with Gasteiger partial charge in [-0.15, -0.1) is 0 Å². The molecule has 2 N–H and O–H groups in total. The third-order valence-corrected chi connectivity index (χ3v) is 4.11. The molecule has 2 unspecified atom stereocenters. The van der Waals surface area contributed by atoms with Crippen molar-refractivity contribution in [3.8, 4) is 0 Å². The van der Waals surface area contributed by atoms with E-state index in [-0.39, 0.29) is 18.9 Å². The molecule has 0 aromatic heterocycles. The molecule has 0 bridgehead atoms. The maximum atomic E-state index is 12.1. The molecule has 0 radical (unpaired) electrons. The number of hydrogen-bond donors (Lipinski definition) is 2. The zero-order valence-corrected chi connectivity index (χ0v) is 18.1. The minimum absolute atomic E-state index is 0.0587. The number of carbonyl (C=O) groups excluding carboxylic acids is 3. The molecule has 3 atom stereocenters. The highest BCUT2D eigenvalue weighted by molar-refractivity contribution is 5.74. The molecule has 0 saturated carbocycles. The smallest absolute Gasteiger partial charge is 0.308 e. The summed E-state index contributed by atoms with van der Waals surface area (Å²) in [5.41, 5.74) is -1.49. The van der Waals surface area contributed by atoms with Crippen LogP contribution in [0.2, 0.25) is 0 Å². The number of aliphatic hydroxyl groups excluding tert-OH is 1. The van der Waals surface area contributed by atoms with E-state index in [0.717, 1.165) is 0 Å². The molecule has 0 aromatic rings. The van der Waals surface area contributed by atoms with E-state index in [1.165, 1.54) is 13.8 Å². The fourth-order valence-corrected chi connectivity index (χ4v) is 2.68. The molecule has 0 spiro atoms. The van der Waals surface area contributed by atoms with Crippen molar-refractivity contribution in [2.75, 3.05) is 6.61 Å². The van der Waals surface area contributed by atoms with Gasteiger partial charge in [0.1, 0.15) is 11.6 Å². The minimum Gasteiger partial charge on any atom is -0.460 e. The average Bonchev–Trinajstić information content (AvgIpc) is 2.56. The first kappa shape index (κ1) is 26.3. The van der Waals surface area contributed by atoms with Crippen molar-refractivity contribution in [3.63, 3.8) is 0 Å². The van der Waals surface area contributed by atoms with Crippen molar-refractivity contribution in [3.05, 3.63) is 0 Å². The number of ether oxygens (including phenoxy) is 3. The lowest BCUT2D eigenvalue weighted by molar-refractivity contribution is -0.200. The monoisotopic (exact) mass is 403 g/mol. The van der Waals surface area contributed by atoms with Gasteiger partial charge < -0.3 is 24.6 Å². The largest absolute Gasteiger partial charge is 0.460 e. The third kappa shape index (κ3) is 10.0.